The minimum absolute atomic E-state index is 0.00134. The summed E-state index contributed by atoms with van der Waals surface area (Å²) in [5, 5.41) is 0. The van der Waals surface area contributed by atoms with E-state index in [0.717, 1.165) is 19.3 Å². The molecule has 0 fully saturated rings. The Kier molecular flexibility index (Phi) is 12.5. The van der Waals surface area contributed by atoms with Gasteiger partial charge in [0.15, 0.2) is 0 Å². The number of carbonyl (C=O) groups excluding carboxylic acids is 1. The summed E-state index contributed by atoms with van der Waals surface area (Å²) in [7, 11) is 0. The van der Waals surface area contributed by atoms with E-state index < -0.39 is 0 Å². The summed E-state index contributed by atoms with van der Waals surface area (Å²) in [4.78, 5) is 11.5. The molecule has 0 aliphatic heterocycles. The number of rotatable bonds is 12. The molecule has 0 radical (unpaired) electrons. The van der Waals surface area contributed by atoms with Crippen LogP contribution in [0.4, 0.5) is 0 Å². The minimum Gasteiger partial charge on any atom is -0.465 e. The number of hydrogen-bond acceptors (Lipinski definition) is 2. The van der Waals surface area contributed by atoms with Gasteiger partial charge in [0, 0.05) is 6.42 Å². The van der Waals surface area contributed by atoms with Gasteiger partial charge >= 0.3 is 5.97 Å². The predicted molar refractivity (Wildman–Crippen MR) is 77.6 cm³/mol. The highest BCUT2D eigenvalue weighted by atomic mass is 16.5. The van der Waals surface area contributed by atoms with Crippen molar-refractivity contribution < 1.29 is 9.53 Å². The largest absolute Gasteiger partial charge is 0.465 e. The minimum atomic E-state index is 0.00134. The third kappa shape index (κ3) is 10.6. The molecule has 0 amide bonds. The van der Waals surface area contributed by atoms with E-state index in [1.165, 1.54) is 38.5 Å². The molecule has 108 valence electrons. The van der Waals surface area contributed by atoms with Crippen molar-refractivity contribution in [2.45, 2.75) is 85.0 Å². The van der Waals surface area contributed by atoms with Crippen LogP contribution in [0.1, 0.15) is 85.0 Å². The van der Waals surface area contributed by atoms with E-state index in [1.54, 1.807) is 0 Å². The van der Waals surface area contributed by atoms with Gasteiger partial charge in [0.1, 0.15) is 0 Å². The van der Waals surface area contributed by atoms with Crippen LogP contribution in [0.5, 0.6) is 0 Å². The van der Waals surface area contributed by atoms with Gasteiger partial charge in [0.05, 0.1) is 6.61 Å². The standard InChI is InChI=1S/C16H32O2/c1-4-7-9-10-11-13-16(17)18-14-15(6-3)12-8-5-2/h15H,4-14H2,1-3H3/t15-/m1/s1. The molecule has 0 aliphatic carbocycles. The summed E-state index contributed by atoms with van der Waals surface area (Å²) >= 11 is 0. The van der Waals surface area contributed by atoms with E-state index in [1.807, 2.05) is 0 Å². The Morgan fingerprint density at radius 1 is 0.944 bits per heavy atom. The Bertz CT molecular complexity index is 190. The quantitative estimate of drug-likeness (QED) is 0.358. The summed E-state index contributed by atoms with van der Waals surface area (Å²) < 4.78 is 5.36. The van der Waals surface area contributed by atoms with Crippen LogP contribution in [0.15, 0.2) is 0 Å². The first-order valence-corrected chi connectivity index (χ1v) is 7.90. The molecule has 0 aliphatic rings. The molecule has 1 atom stereocenters. The molecule has 2 heteroatoms. The maximum atomic E-state index is 11.5. The second kappa shape index (κ2) is 12.9. The topological polar surface area (TPSA) is 26.3 Å². The molecule has 0 unspecified atom stereocenters. The van der Waals surface area contributed by atoms with E-state index in [-0.39, 0.29) is 5.97 Å². The first-order chi connectivity index (χ1) is 8.74. The second-order valence-corrected chi connectivity index (χ2v) is 5.26. The van der Waals surface area contributed by atoms with Crippen molar-refractivity contribution >= 4 is 5.97 Å². The van der Waals surface area contributed by atoms with Gasteiger partial charge in [-0.1, -0.05) is 65.7 Å². The normalized spacial score (nSPS) is 12.4. The van der Waals surface area contributed by atoms with Crippen LogP contribution in [-0.2, 0) is 9.53 Å². The van der Waals surface area contributed by atoms with Gasteiger partial charge in [-0.2, -0.15) is 0 Å². The maximum absolute atomic E-state index is 11.5. The van der Waals surface area contributed by atoms with Crippen LogP contribution in [-0.4, -0.2) is 12.6 Å². The highest BCUT2D eigenvalue weighted by Gasteiger charge is 2.09. The number of carbonyl (C=O) groups is 1. The van der Waals surface area contributed by atoms with Crippen molar-refractivity contribution in [1.82, 2.24) is 0 Å². The number of esters is 1. The SMILES string of the molecule is CCCCCCCC(=O)OC[C@H](CC)CCCC. The van der Waals surface area contributed by atoms with Crippen molar-refractivity contribution in [2.75, 3.05) is 6.61 Å². The van der Waals surface area contributed by atoms with Gasteiger partial charge in [-0.05, 0) is 18.8 Å². The Morgan fingerprint density at radius 2 is 1.61 bits per heavy atom. The zero-order valence-corrected chi connectivity index (χ0v) is 12.7. The molecule has 0 N–H and O–H groups in total. The van der Waals surface area contributed by atoms with Crippen LogP contribution < -0.4 is 0 Å². The Morgan fingerprint density at radius 3 is 2.22 bits per heavy atom. The van der Waals surface area contributed by atoms with Crippen LogP contribution >= 0.6 is 0 Å². The fourth-order valence-electron chi connectivity index (χ4n) is 2.05. The van der Waals surface area contributed by atoms with Gasteiger partial charge in [-0.3, -0.25) is 4.79 Å². The fraction of sp³-hybridized carbons (Fsp3) is 0.938. The fourth-order valence-corrected chi connectivity index (χ4v) is 2.05. The highest BCUT2D eigenvalue weighted by Crippen LogP contribution is 2.13. The van der Waals surface area contributed by atoms with E-state index in [4.69, 9.17) is 4.74 Å². The third-order valence-electron chi connectivity index (χ3n) is 3.51. The smallest absolute Gasteiger partial charge is 0.305 e. The van der Waals surface area contributed by atoms with Crippen molar-refractivity contribution in [2.24, 2.45) is 5.92 Å². The molecule has 0 bridgehead atoms. The number of ether oxygens (including phenoxy) is 1. The summed E-state index contributed by atoms with van der Waals surface area (Å²) in [5.74, 6) is 0.565. The summed E-state index contributed by atoms with van der Waals surface area (Å²) in [6.45, 7) is 7.22. The predicted octanol–water partition coefficient (Wildman–Crippen LogP) is 5.11. The van der Waals surface area contributed by atoms with E-state index in [2.05, 4.69) is 20.8 Å². The molecule has 0 heterocycles. The molecule has 0 spiro atoms. The van der Waals surface area contributed by atoms with Gasteiger partial charge in [-0.15, -0.1) is 0 Å². The van der Waals surface area contributed by atoms with Crippen LogP contribution in [0.25, 0.3) is 0 Å². The third-order valence-corrected chi connectivity index (χ3v) is 3.51. The van der Waals surface area contributed by atoms with E-state index in [9.17, 15) is 4.79 Å². The average molecular weight is 256 g/mol. The van der Waals surface area contributed by atoms with Crippen LogP contribution in [0.3, 0.4) is 0 Å². The molecule has 0 saturated carbocycles. The van der Waals surface area contributed by atoms with Crippen LogP contribution in [0, 0.1) is 5.92 Å². The Hall–Kier alpha value is -0.530. The molecular weight excluding hydrogens is 224 g/mol. The summed E-state index contributed by atoms with van der Waals surface area (Å²) in [6, 6.07) is 0. The molecule has 0 saturated heterocycles. The summed E-state index contributed by atoms with van der Waals surface area (Å²) in [6.07, 6.45) is 11.3. The van der Waals surface area contributed by atoms with E-state index >= 15 is 0 Å². The maximum Gasteiger partial charge on any atom is 0.305 e. The molecule has 0 aromatic carbocycles. The van der Waals surface area contributed by atoms with Crippen LogP contribution in [0.2, 0.25) is 0 Å². The van der Waals surface area contributed by atoms with Gasteiger partial charge < -0.3 is 4.74 Å². The zero-order valence-electron chi connectivity index (χ0n) is 12.7. The molecule has 0 aromatic rings. The molecule has 2 nitrogen and oxygen atoms in total. The van der Waals surface area contributed by atoms with Gasteiger partial charge in [0.2, 0.25) is 0 Å². The van der Waals surface area contributed by atoms with Crippen molar-refractivity contribution in [3.8, 4) is 0 Å². The molecule has 0 rings (SSSR count). The van der Waals surface area contributed by atoms with E-state index in [0.29, 0.717) is 18.9 Å². The second-order valence-electron chi connectivity index (χ2n) is 5.26. The first kappa shape index (κ1) is 17.5. The van der Waals surface area contributed by atoms with Gasteiger partial charge in [0.25, 0.3) is 0 Å². The monoisotopic (exact) mass is 256 g/mol. The highest BCUT2D eigenvalue weighted by molar-refractivity contribution is 5.69. The Balaban J connectivity index is 3.49. The lowest BCUT2D eigenvalue weighted by atomic mass is 10.0. The lowest BCUT2D eigenvalue weighted by molar-refractivity contribution is -0.145. The van der Waals surface area contributed by atoms with Crippen molar-refractivity contribution in [1.29, 1.82) is 0 Å². The Labute approximate surface area is 113 Å². The average Bonchev–Trinajstić information content (AvgIpc) is 2.39. The van der Waals surface area contributed by atoms with Crippen molar-refractivity contribution in [3.63, 3.8) is 0 Å². The number of unbranched alkanes of at least 4 members (excludes halogenated alkanes) is 5. The molecular formula is C16H32O2. The number of hydrogen-bond donors (Lipinski definition) is 0. The van der Waals surface area contributed by atoms with Crippen molar-refractivity contribution in [3.05, 3.63) is 0 Å². The summed E-state index contributed by atoms with van der Waals surface area (Å²) in [5.41, 5.74) is 0. The van der Waals surface area contributed by atoms with Gasteiger partial charge in [-0.25, -0.2) is 0 Å². The zero-order chi connectivity index (χ0) is 13.6. The molecule has 0 aromatic heterocycles. The molecule has 18 heavy (non-hydrogen) atoms. The lowest BCUT2D eigenvalue weighted by Crippen LogP contribution is -2.13. The first-order valence-electron chi connectivity index (χ1n) is 7.90. The lowest BCUT2D eigenvalue weighted by Gasteiger charge is -2.14.